The van der Waals surface area contributed by atoms with Gasteiger partial charge in [0.15, 0.2) is 0 Å². The van der Waals surface area contributed by atoms with Crippen molar-refractivity contribution in [3.8, 4) is 23.8 Å². The van der Waals surface area contributed by atoms with Crippen LogP contribution in [-0.2, 0) is 6.42 Å². The molecule has 4 rings (SSSR count). The summed E-state index contributed by atoms with van der Waals surface area (Å²) in [6.45, 7) is 1.95. The van der Waals surface area contributed by atoms with Gasteiger partial charge < -0.3 is 15.9 Å². The van der Waals surface area contributed by atoms with E-state index in [-0.39, 0.29) is 28.6 Å². The highest BCUT2D eigenvalue weighted by atomic mass is 19.1. The molecule has 146 valence electrons. The number of halogens is 2. The molecule has 0 aromatic heterocycles. The Morgan fingerprint density at radius 1 is 0.897 bits per heavy atom. The summed E-state index contributed by atoms with van der Waals surface area (Å²) < 4.78 is 26.8. The van der Waals surface area contributed by atoms with Crippen molar-refractivity contribution in [1.29, 1.82) is 0 Å². The van der Waals surface area contributed by atoms with E-state index in [1.54, 1.807) is 24.3 Å². The minimum Gasteiger partial charge on any atom is -0.508 e. The Bertz CT molecular complexity index is 1260. The molecule has 4 aromatic rings. The molecule has 0 aliphatic rings. The average molecular weight is 391 g/mol. The highest BCUT2D eigenvalue weighted by Crippen LogP contribution is 2.30. The quantitative estimate of drug-likeness (QED) is 0.297. The van der Waals surface area contributed by atoms with E-state index < -0.39 is 5.82 Å². The molecule has 3 nitrogen and oxygen atoms in total. The van der Waals surface area contributed by atoms with Crippen LogP contribution in [0.1, 0.15) is 18.1 Å². The first-order chi connectivity index (χ1) is 13.8. The van der Waals surface area contributed by atoms with Crippen LogP contribution in [0.4, 0.5) is 14.5 Å². The number of rotatable bonds is 1. The van der Waals surface area contributed by atoms with E-state index in [1.807, 2.05) is 6.92 Å². The smallest absolute Gasteiger partial charge is 0.139 e. The minimum atomic E-state index is -0.484. The zero-order valence-corrected chi connectivity index (χ0v) is 15.7. The second-order valence-electron chi connectivity index (χ2n) is 6.50. The number of benzene rings is 4. The third-order valence-corrected chi connectivity index (χ3v) is 4.60. The molecular formula is C24H19F2NO2. The van der Waals surface area contributed by atoms with Crippen molar-refractivity contribution in [1.82, 2.24) is 0 Å². The predicted octanol–water partition coefficient (Wildman–Crippen LogP) is 5.49. The maximum Gasteiger partial charge on any atom is 0.139 e. The zero-order valence-electron chi connectivity index (χ0n) is 15.7. The molecule has 0 aliphatic carbocycles. The number of anilines is 1. The second kappa shape index (κ2) is 8.07. The van der Waals surface area contributed by atoms with Gasteiger partial charge >= 0.3 is 0 Å². The molecular weight excluding hydrogens is 372 g/mol. The van der Waals surface area contributed by atoms with Crippen LogP contribution in [-0.4, -0.2) is 10.2 Å². The SMILES string of the molecule is C#Cc1c(F)ccc2cc(O)cc(N)c12.CCc1cc(O)cc2cccc(F)c12. The fourth-order valence-electron chi connectivity index (χ4n) is 3.33. The number of nitrogen functional groups attached to an aromatic ring is 1. The Hall–Kier alpha value is -3.78. The van der Waals surface area contributed by atoms with Crippen molar-refractivity contribution in [3.63, 3.8) is 0 Å². The van der Waals surface area contributed by atoms with Crippen molar-refractivity contribution in [3.05, 3.63) is 77.4 Å². The molecule has 0 amide bonds. The molecule has 0 saturated heterocycles. The highest BCUT2D eigenvalue weighted by Gasteiger charge is 2.09. The maximum atomic E-state index is 13.5. The van der Waals surface area contributed by atoms with E-state index in [0.717, 1.165) is 10.9 Å². The first-order valence-electron chi connectivity index (χ1n) is 8.93. The first-order valence-corrected chi connectivity index (χ1v) is 8.93. The minimum absolute atomic E-state index is 0.0366. The van der Waals surface area contributed by atoms with Crippen molar-refractivity contribution in [2.45, 2.75) is 13.3 Å². The van der Waals surface area contributed by atoms with Crippen molar-refractivity contribution in [2.24, 2.45) is 0 Å². The molecule has 0 heterocycles. The number of phenolic OH excluding ortho intramolecular Hbond substituents is 2. The summed E-state index contributed by atoms with van der Waals surface area (Å²) in [4.78, 5) is 0. The van der Waals surface area contributed by atoms with E-state index in [4.69, 9.17) is 12.2 Å². The topological polar surface area (TPSA) is 66.5 Å². The Balaban J connectivity index is 0.000000166. The summed E-state index contributed by atoms with van der Waals surface area (Å²) in [7, 11) is 0. The number of aromatic hydroxyl groups is 2. The van der Waals surface area contributed by atoms with Gasteiger partial charge in [-0.2, -0.15) is 0 Å². The lowest BCUT2D eigenvalue weighted by Crippen LogP contribution is -1.92. The fraction of sp³-hybridized carbons (Fsp3) is 0.0833. The number of fused-ring (bicyclic) bond motifs is 2. The normalized spacial score (nSPS) is 10.4. The van der Waals surface area contributed by atoms with E-state index in [2.05, 4.69) is 5.92 Å². The van der Waals surface area contributed by atoms with Crippen molar-refractivity contribution >= 4 is 27.2 Å². The molecule has 0 aliphatic heterocycles. The van der Waals surface area contributed by atoms with Crippen molar-refractivity contribution < 1.29 is 19.0 Å². The van der Waals surface area contributed by atoms with E-state index >= 15 is 0 Å². The Morgan fingerprint density at radius 2 is 1.55 bits per heavy atom. The van der Waals surface area contributed by atoms with Gasteiger partial charge in [0.1, 0.15) is 23.1 Å². The van der Waals surface area contributed by atoms with Crippen molar-refractivity contribution in [2.75, 3.05) is 5.73 Å². The molecule has 29 heavy (non-hydrogen) atoms. The van der Waals surface area contributed by atoms with Crippen LogP contribution in [0, 0.1) is 24.0 Å². The van der Waals surface area contributed by atoms with Crippen LogP contribution in [0.15, 0.2) is 54.6 Å². The number of nitrogens with two attached hydrogens (primary N) is 1. The second-order valence-corrected chi connectivity index (χ2v) is 6.50. The zero-order chi connectivity index (χ0) is 21.1. The molecule has 5 heteroatoms. The molecule has 0 saturated carbocycles. The number of aryl methyl sites for hydroxylation is 1. The summed E-state index contributed by atoms with van der Waals surface area (Å²) in [5.74, 6) is 1.79. The summed E-state index contributed by atoms with van der Waals surface area (Å²) >= 11 is 0. The lowest BCUT2D eigenvalue weighted by Gasteiger charge is -2.06. The van der Waals surface area contributed by atoms with Crippen LogP contribution in [0.3, 0.4) is 0 Å². The lowest BCUT2D eigenvalue weighted by molar-refractivity contribution is 0.475. The summed E-state index contributed by atoms with van der Waals surface area (Å²) in [5.41, 5.74) is 6.93. The Morgan fingerprint density at radius 3 is 2.21 bits per heavy atom. The standard InChI is InChI=1S/C12H8FNO.C12H11FO/c1-2-9-10(13)4-3-7-5-8(15)6-11(14)12(7)9;1-2-8-6-10(14)7-9-4-3-5-11(13)12(8)9/h1,3-6,15H,14H2;3-7,14H,2H2,1H3. The van der Waals surface area contributed by atoms with Crippen LogP contribution < -0.4 is 5.73 Å². The third-order valence-electron chi connectivity index (χ3n) is 4.60. The molecule has 0 unspecified atom stereocenters. The number of terminal acetylenes is 1. The van der Waals surface area contributed by atoms with Gasteiger partial charge in [0.05, 0.1) is 5.56 Å². The largest absolute Gasteiger partial charge is 0.508 e. The van der Waals surface area contributed by atoms with Gasteiger partial charge in [-0.1, -0.05) is 31.0 Å². The van der Waals surface area contributed by atoms with Crippen LogP contribution in [0.2, 0.25) is 0 Å². The van der Waals surface area contributed by atoms with E-state index in [9.17, 15) is 19.0 Å². The monoisotopic (exact) mass is 391 g/mol. The van der Waals surface area contributed by atoms with Gasteiger partial charge in [0, 0.05) is 22.5 Å². The Kier molecular flexibility index (Phi) is 5.56. The fourth-order valence-corrected chi connectivity index (χ4v) is 3.33. The molecule has 0 radical (unpaired) electrons. The number of hydrogen-bond acceptors (Lipinski definition) is 3. The number of phenols is 2. The van der Waals surface area contributed by atoms with Gasteiger partial charge in [-0.3, -0.25) is 0 Å². The van der Waals surface area contributed by atoms with Gasteiger partial charge in [-0.25, -0.2) is 8.78 Å². The van der Waals surface area contributed by atoms with Gasteiger partial charge in [0.25, 0.3) is 0 Å². The molecule has 4 aromatic carbocycles. The molecule has 0 spiro atoms. The molecule has 0 atom stereocenters. The Labute approximate surface area is 167 Å². The first kappa shape index (κ1) is 20.0. The van der Waals surface area contributed by atoms with Crippen LogP contribution >= 0.6 is 0 Å². The summed E-state index contributed by atoms with van der Waals surface area (Å²) in [5, 5.41) is 21.2. The van der Waals surface area contributed by atoms with E-state index in [0.29, 0.717) is 22.6 Å². The van der Waals surface area contributed by atoms with Crippen LogP contribution in [0.25, 0.3) is 21.5 Å². The molecule has 0 fully saturated rings. The molecule has 0 bridgehead atoms. The van der Waals surface area contributed by atoms with Gasteiger partial charge in [0.2, 0.25) is 0 Å². The molecule has 4 N–H and O–H groups in total. The highest BCUT2D eigenvalue weighted by molar-refractivity contribution is 5.98. The van der Waals surface area contributed by atoms with Crippen LogP contribution in [0.5, 0.6) is 11.5 Å². The lowest BCUT2D eigenvalue weighted by atomic mass is 10.0. The van der Waals surface area contributed by atoms with E-state index in [1.165, 1.54) is 30.3 Å². The third kappa shape index (κ3) is 3.92. The predicted molar refractivity (Wildman–Crippen MR) is 113 cm³/mol. The van der Waals surface area contributed by atoms with Gasteiger partial charge in [-0.05, 0) is 53.1 Å². The average Bonchev–Trinajstić information content (AvgIpc) is 2.68. The number of hydrogen-bond donors (Lipinski definition) is 3. The summed E-state index contributed by atoms with van der Waals surface area (Å²) in [6, 6.07) is 13.7. The van der Waals surface area contributed by atoms with Gasteiger partial charge in [-0.15, -0.1) is 6.42 Å². The maximum absolute atomic E-state index is 13.5. The summed E-state index contributed by atoms with van der Waals surface area (Å²) in [6.07, 6.45) is 5.93.